The largest absolute Gasteiger partial charge is 0.493 e. The Kier molecular flexibility index (Phi) is 5.42. The first-order chi connectivity index (χ1) is 11.2. The summed E-state index contributed by atoms with van der Waals surface area (Å²) in [6.07, 6.45) is 0. The van der Waals surface area contributed by atoms with Gasteiger partial charge >= 0.3 is 0 Å². The van der Waals surface area contributed by atoms with Crippen LogP contribution >= 0.6 is 0 Å². The van der Waals surface area contributed by atoms with Crippen molar-refractivity contribution in [3.63, 3.8) is 0 Å². The van der Waals surface area contributed by atoms with Gasteiger partial charge in [0.05, 0.1) is 32.4 Å². The monoisotopic (exact) mass is 311 g/mol. The van der Waals surface area contributed by atoms with Gasteiger partial charge in [-0.1, -0.05) is 0 Å². The number of carbonyl (C=O) groups excluding carboxylic acids is 1. The molecule has 0 bridgehead atoms. The van der Waals surface area contributed by atoms with Gasteiger partial charge in [0.2, 0.25) is 5.91 Å². The third-order valence-corrected chi connectivity index (χ3v) is 3.13. The van der Waals surface area contributed by atoms with Gasteiger partial charge in [-0.25, -0.2) is 0 Å². The smallest absolute Gasteiger partial charge is 0.243 e. The molecule has 2 N–H and O–H groups in total. The Morgan fingerprint density at radius 3 is 2.30 bits per heavy atom. The molecule has 0 radical (unpaired) electrons. The maximum Gasteiger partial charge on any atom is 0.243 e. The molecule has 0 spiro atoms. The maximum atomic E-state index is 11.9. The molecule has 6 heteroatoms. The Bertz CT molecular complexity index is 721. The molecule has 0 atom stereocenters. The second kappa shape index (κ2) is 7.71. The van der Waals surface area contributed by atoms with Crippen molar-refractivity contribution in [3.05, 3.63) is 48.0 Å². The van der Waals surface area contributed by atoms with Crippen LogP contribution in [0.15, 0.2) is 42.5 Å². The quantitative estimate of drug-likeness (QED) is 0.857. The van der Waals surface area contributed by atoms with Crippen LogP contribution in [0.25, 0.3) is 0 Å². The SMILES string of the molecule is COc1ccc(NCC(=O)Nc2ccc(C#N)cc2)cc1OC. The summed E-state index contributed by atoms with van der Waals surface area (Å²) in [4.78, 5) is 11.9. The van der Waals surface area contributed by atoms with Gasteiger partial charge in [-0.15, -0.1) is 0 Å². The summed E-state index contributed by atoms with van der Waals surface area (Å²) in [7, 11) is 3.12. The van der Waals surface area contributed by atoms with Gasteiger partial charge in [-0.05, 0) is 36.4 Å². The van der Waals surface area contributed by atoms with E-state index in [1.165, 1.54) is 0 Å². The molecule has 23 heavy (non-hydrogen) atoms. The van der Waals surface area contributed by atoms with E-state index >= 15 is 0 Å². The van der Waals surface area contributed by atoms with Crippen molar-refractivity contribution in [2.75, 3.05) is 31.4 Å². The molecule has 0 saturated carbocycles. The number of benzene rings is 2. The molecule has 118 valence electrons. The zero-order valence-electron chi connectivity index (χ0n) is 12.9. The Morgan fingerprint density at radius 1 is 1.04 bits per heavy atom. The van der Waals surface area contributed by atoms with E-state index in [1.54, 1.807) is 56.7 Å². The second-order valence-corrected chi connectivity index (χ2v) is 4.66. The highest BCUT2D eigenvalue weighted by atomic mass is 16.5. The second-order valence-electron chi connectivity index (χ2n) is 4.66. The lowest BCUT2D eigenvalue weighted by atomic mass is 10.2. The lowest BCUT2D eigenvalue weighted by Crippen LogP contribution is -2.21. The number of rotatable bonds is 6. The first kappa shape index (κ1) is 16.2. The highest BCUT2D eigenvalue weighted by Gasteiger charge is 2.06. The normalized spacial score (nSPS) is 9.61. The average Bonchev–Trinajstić information content (AvgIpc) is 2.60. The summed E-state index contributed by atoms with van der Waals surface area (Å²) in [6.45, 7) is 0.107. The van der Waals surface area contributed by atoms with Gasteiger partial charge in [0.25, 0.3) is 0 Å². The Balaban J connectivity index is 1.92. The lowest BCUT2D eigenvalue weighted by molar-refractivity contribution is -0.114. The topological polar surface area (TPSA) is 83.4 Å². The third-order valence-electron chi connectivity index (χ3n) is 3.13. The molecule has 2 aromatic carbocycles. The number of hydrogen-bond donors (Lipinski definition) is 2. The van der Waals surface area contributed by atoms with E-state index in [1.807, 2.05) is 6.07 Å². The molecule has 0 unspecified atom stereocenters. The standard InChI is InChI=1S/C17H17N3O3/c1-22-15-8-7-14(9-16(15)23-2)19-11-17(21)20-13-5-3-12(10-18)4-6-13/h3-9,19H,11H2,1-2H3,(H,20,21). The minimum absolute atomic E-state index is 0.107. The molecule has 2 rings (SSSR count). The summed E-state index contributed by atoms with van der Waals surface area (Å²) in [5, 5.41) is 14.5. The van der Waals surface area contributed by atoms with Gasteiger partial charge in [-0.3, -0.25) is 4.79 Å². The number of nitrogens with one attached hydrogen (secondary N) is 2. The Morgan fingerprint density at radius 2 is 1.70 bits per heavy atom. The van der Waals surface area contributed by atoms with E-state index in [2.05, 4.69) is 10.6 Å². The van der Waals surface area contributed by atoms with Gasteiger partial charge in [-0.2, -0.15) is 5.26 Å². The molecule has 0 heterocycles. The molecule has 6 nitrogen and oxygen atoms in total. The van der Waals surface area contributed by atoms with Gasteiger partial charge < -0.3 is 20.1 Å². The van der Waals surface area contributed by atoms with Crippen molar-refractivity contribution in [2.24, 2.45) is 0 Å². The highest BCUT2D eigenvalue weighted by Crippen LogP contribution is 2.29. The molecule has 0 aromatic heterocycles. The van der Waals surface area contributed by atoms with Crippen molar-refractivity contribution in [3.8, 4) is 17.6 Å². The summed E-state index contributed by atoms with van der Waals surface area (Å²) >= 11 is 0. The fourth-order valence-electron chi connectivity index (χ4n) is 1.96. The zero-order chi connectivity index (χ0) is 16.7. The van der Waals surface area contributed by atoms with Crippen LogP contribution in [0.3, 0.4) is 0 Å². The van der Waals surface area contributed by atoms with Crippen molar-refractivity contribution >= 4 is 17.3 Å². The van der Waals surface area contributed by atoms with Gasteiger partial charge in [0, 0.05) is 17.4 Å². The number of nitrogens with zero attached hydrogens (tertiary/aromatic N) is 1. The van der Waals surface area contributed by atoms with Crippen molar-refractivity contribution in [2.45, 2.75) is 0 Å². The van der Waals surface area contributed by atoms with Crippen LogP contribution in [-0.4, -0.2) is 26.7 Å². The fraction of sp³-hybridized carbons (Fsp3) is 0.176. The fourth-order valence-corrected chi connectivity index (χ4v) is 1.96. The maximum absolute atomic E-state index is 11.9. The molecule has 0 aliphatic heterocycles. The van der Waals surface area contributed by atoms with E-state index in [9.17, 15) is 4.79 Å². The first-order valence-electron chi connectivity index (χ1n) is 6.92. The molecule has 0 aliphatic carbocycles. The minimum atomic E-state index is -0.190. The third kappa shape index (κ3) is 4.38. The summed E-state index contributed by atoms with van der Waals surface area (Å²) in [5.41, 5.74) is 1.94. The van der Waals surface area contributed by atoms with Gasteiger partial charge in [0.15, 0.2) is 11.5 Å². The molecule has 1 amide bonds. The minimum Gasteiger partial charge on any atom is -0.493 e. The van der Waals surface area contributed by atoms with Crippen LogP contribution in [0.5, 0.6) is 11.5 Å². The Labute approximate surface area is 134 Å². The number of ether oxygens (including phenoxy) is 2. The summed E-state index contributed by atoms with van der Waals surface area (Å²) in [5.74, 6) is 1.02. The van der Waals surface area contributed by atoms with Crippen molar-refractivity contribution in [1.29, 1.82) is 5.26 Å². The predicted molar refractivity (Wildman–Crippen MR) is 87.8 cm³/mol. The van der Waals surface area contributed by atoms with Crippen LogP contribution in [0.4, 0.5) is 11.4 Å². The summed E-state index contributed by atoms with van der Waals surface area (Å²) in [6, 6.07) is 14.0. The molecule has 0 fully saturated rings. The van der Waals surface area contributed by atoms with Crippen molar-refractivity contribution in [1.82, 2.24) is 0 Å². The number of methoxy groups -OCH3 is 2. The highest BCUT2D eigenvalue weighted by molar-refractivity contribution is 5.93. The van der Waals surface area contributed by atoms with E-state index in [0.717, 1.165) is 5.69 Å². The van der Waals surface area contributed by atoms with Crippen LogP contribution in [-0.2, 0) is 4.79 Å². The molecule has 0 aliphatic rings. The summed E-state index contributed by atoms with van der Waals surface area (Å²) < 4.78 is 10.4. The lowest BCUT2D eigenvalue weighted by Gasteiger charge is -2.11. The first-order valence-corrected chi connectivity index (χ1v) is 6.92. The molecule has 0 saturated heterocycles. The predicted octanol–water partition coefficient (Wildman–Crippen LogP) is 2.63. The zero-order valence-corrected chi connectivity index (χ0v) is 12.9. The van der Waals surface area contributed by atoms with Crippen LogP contribution < -0.4 is 20.1 Å². The molecular weight excluding hydrogens is 294 g/mol. The number of amides is 1. The van der Waals surface area contributed by atoms with E-state index in [0.29, 0.717) is 22.7 Å². The Hall–Kier alpha value is -3.20. The molecule has 2 aromatic rings. The van der Waals surface area contributed by atoms with E-state index in [4.69, 9.17) is 14.7 Å². The number of anilines is 2. The molecular formula is C17H17N3O3. The van der Waals surface area contributed by atoms with E-state index in [-0.39, 0.29) is 12.5 Å². The van der Waals surface area contributed by atoms with Gasteiger partial charge in [0.1, 0.15) is 0 Å². The number of hydrogen-bond acceptors (Lipinski definition) is 5. The van der Waals surface area contributed by atoms with E-state index < -0.39 is 0 Å². The van der Waals surface area contributed by atoms with Crippen LogP contribution in [0.1, 0.15) is 5.56 Å². The van der Waals surface area contributed by atoms with Crippen LogP contribution in [0, 0.1) is 11.3 Å². The van der Waals surface area contributed by atoms with Crippen molar-refractivity contribution < 1.29 is 14.3 Å². The number of nitriles is 1. The van der Waals surface area contributed by atoms with Crippen LogP contribution in [0.2, 0.25) is 0 Å². The average molecular weight is 311 g/mol. The number of carbonyl (C=O) groups is 1.